The molecule has 0 unspecified atom stereocenters. The molecular formula is C18H24O2. The van der Waals surface area contributed by atoms with E-state index in [0.29, 0.717) is 0 Å². The van der Waals surface area contributed by atoms with Crippen molar-refractivity contribution in [2.45, 2.75) is 71.1 Å². The van der Waals surface area contributed by atoms with Crippen LogP contribution in [0.25, 0.3) is 0 Å². The van der Waals surface area contributed by atoms with Crippen LogP contribution in [0.2, 0.25) is 0 Å². The van der Waals surface area contributed by atoms with E-state index in [1.165, 1.54) is 12.8 Å². The molecule has 0 saturated heterocycles. The van der Waals surface area contributed by atoms with Gasteiger partial charge in [0.05, 0.1) is 0 Å². The number of carbonyl (C=O) groups is 1. The van der Waals surface area contributed by atoms with Crippen molar-refractivity contribution < 1.29 is 9.90 Å². The van der Waals surface area contributed by atoms with Crippen LogP contribution in [0.3, 0.4) is 0 Å². The van der Waals surface area contributed by atoms with Crippen LogP contribution in [0.15, 0.2) is 0 Å². The summed E-state index contributed by atoms with van der Waals surface area (Å²) in [6.45, 7) is 2.18. The van der Waals surface area contributed by atoms with Gasteiger partial charge in [-0.05, 0) is 42.9 Å². The van der Waals surface area contributed by atoms with Gasteiger partial charge in [0.15, 0.2) is 0 Å². The molecule has 1 N–H and O–H groups in total. The normalized spacial score (nSPS) is 8.45. The Morgan fingerprint density at radius 1 is 0.800 bits per heavy atom. The molecule has 0 fully saturated rings. The summed E-state index contributed by atoms with van der Waals surface area (Å²) in [7, 11) is 0. The van der Waals surface area contributed by atoms with E-state index in [9.17, 15) is 4.79 Å². The summed E-state index contributed by atoms with van der Waals surface area (Å²) in [6.07, 6.45) is 9.39. The average Bonchev–Trinajstić information content (AvgIpc) is 2.43. The SMILES string of the molecule is CCCCCC#CC#CC#CCCCCCCC(=O)O. The zero-order valence-corrected chi connectivity index (χ0v) is 12.4. The molecule has 0 aliphatic carbocycles. The molecule has 0 amide bonds. The molecule has 0 bridgehead atoms. The maximum Gasteiger partial charge on any atom is 0.303 e. The molecule has 0 atom stereocenters. The topological polar surface area (TPSA) is 37.3 Å². The molecule has 0 saturated carbocycles. The van der Waals surface area contributed by atoms with Crippen molar-refractivity contribution in [1.82, 2.24) is 0 Å². The first-order valence-electron chi connectivity index (χ1n) is 7.45. The second-order valence-corrected chi connectivity index (χ2v) is 4.62. The van der Waals surface area contributed by atoms with E-state index in [1.807, 2.05) is 0 Å². The van der Waals surface area contributed by atoms with Gasteiger partial charge in [0, 0.05) is 19.3 Å². The van der Waals surface area contributed by atoms with Crippen LogP contribution in [0.4, 0.5) is 0 Å². The van der Waals surface area contributed by atoms with Crippen LogP contribution in [0.1, 0.15) is 71.1 Å². The summed E-state index contributed by atoms with van der Waals surface area (Å²) in [5.74, 6) is 16.4. The van der Waals surface area contributed by atoms with Crippen molar-refractivity contribution >= 4 is 5.97 Å². The van der Waals surface area contributed by atoms with Crippen LogP contribution in [0.5, 0.6) is 0 Å². The molecule has 0 aliphatic rings. The lowest BCUT2D eigenvalue weighted by Crippen LogP contribution is -1.93. The second kappa shape index (κ2) is 15.2. The van der Waals surface area contributed by atoms with E-state index in [4.69, 9.17) is 5.11 Å². The molecule has 108 valence electrons. The smallest absolute Gasteiger partial charge is 0.303 e. The van der Waals surface area contributed by atoms with E-state index in [2.05, 4.69) is 42.4 Å². The Morgan fingerprint density at radius 3 is 1.90 bits per heavy atom. The van der Waals surface area contributed by atoms with Crippen molar-refractivity contribution in [2.75, 3.05) is 0 Å². The van der Waals surface area contributed by atoms with Gasteiger partial charge in [-0.25, -0.2) is 0 Å². The van der Waals surface area contributed by atoms with Crippen LogP contribution in [-0.2, 0) is 4.79 Å². The molecule has 2 heteroatoms. The lowest BCUT2D eigenvalue weighted by Gasteiger charge is -1.95. The van der Waals surface area contributed by atoms with E-state index >= 15 is 0 Å². The second-order valence-electron chi connectivity index (χ2n) is 4.62. The predicted molar refractivity (Wildman–Crippen MR) is 82.8 cm³/mol. The Kier molecular flexibility index (Phi) is 13.8. The number of unbranched alkanes of at least 4 members (excludes halogenated alkanes) is 7. The van der Waals surface area contributed by atoms with E-state index in [1.54, 1.807) is 0 Å². The molecule has 0 rings (SSSR count). The van der Waals surface area contributed by atoms with E-state index in [0.717, 1.165) is 44.9 Å². The quantitative estimate of drug-likeness (QED) is 0.509. The highest BCUT2D eigenvalue weighted by Gasteiger charge is 1.95. The Morgan fingerprint density at radius 2 is 1.35 bits per heavy atom. The first-order chi connectivity index (χ1) is 9.77. The fourth-order valence-corrected chi connectivity index (χ4v) is 1.58. The highest BCUT2D eigenvalue weighted by atomic mass is 16.4. The zero-order chi connectivity index (χ0) is 14.9. The van der Waals surface area contributed by atoms with Crippen LogP contribution in [0, 0.1) is 35.5 Å². The molecule has 0 aromatic carbocycles. The monoisotopic (exact) mass is 272 g/mol. The molecule has 0 aliphatic heterocycles. The largest absolute Gasteiger partial charge is 0.481 e. The third-order valence-corrected chi connectivity index (χ3v) is 2.71. The third-order valence-electron chi connectivity index (χ3n) is 2.71. The summed E-state index contributed by atoms with van der Waals surface area (Å²) < 4.78 is 0. The lowest BCUT2D eigenvalue weighted by molar-refractivity contribution is -0.137. The van der Waals surface area contributed by atoms with Gasteiger partial charge in [0.2, 0.25) is 0 Å². The van der Waals surface area contributed by atoms with Crippen molar-refractivity contribution in [1.29, 1.82) is 0 Å². The molecule has 20 heavy (non-hydrogen) atoms. The molecule has 0 radical (unpaired) electrons. The van der Waals surface area contributed by atoms with Crippen molar-refractivity contribution in [2.24, 2.45) is 0 Å². The number of hydrogen-bond donors (Lipinski definition) is 1. The van der Waals surface area contributed by atoms with Crippen LogP contribution in [-0.4, -0.2) is 11.1 Å². The first-order valence-corrected chi connectivity index (χ1v) is 7.45. The fourth-order valence-electron chi connectivity index (χ4n) is 1.58. The maximum absolute atomic E-state index is 10.3. The zero-order valence-electron chi connectivity index (χ0n) is 12.4. The minimum absolute atomic E-state index is 0.272. The van der Waals surface area contributed by atoms with Gasteiger partial charge in [0.25, 0.3) is 0 Å². The summed E-state index contributed by atoms with van der Waals surface area (Å²) in [4.78, 5) is 10.3. The van der Waals surface area contributed by atoms with Crippen LogP contribution < -0.4 is 0 Å². The average molecular weight is 272 g/mol. The van der Waals surface area contributed by atoms with Gasteiger partial charge in [-0.2, -0.15) is 0 Å². The Hall–Kier alpha value is -1.85. The first kappa shape index (κ1) is 18.1. The Labute approximate surface area is 123 Å². The highest BCUT2D eigenvalue weighted by Crippen LogP contribution is 2.04. The molecular weight excluding hydrogens is 248 g/mol. The van der Waals surface area contributed by atoms with Gasteiger partial charge in [0.1, 0.15) is 0 Å². The van der Waals surface area contributed by atoms with Crippen LogP contribution >= 0.6 is 0 Å². The molecule has 0 aromatic heterocycles. The summed E-state index contributed by atoms with van der Waals surface area (Å²) in [5, 5.41) is 8.47. The number of hydrogen-bond acceptors (Lipinski definition) is 1. The van der Waals surface area contributed by atoms with Gasteiger partial charge < -0.3 is 5.11 Å². The molecule has 0 aromatic rings. The minimum Gasteiger partial charge on any atom is -0.481 e. The predicted octanol–water partition coefficient (Wildman–Crippen LogP) is 4.00. The minimum atomic E-state index is -0.712. The standard InChI is InChI=1S/C18H24O2/c1-2-3-4-5-6-7-8-9-10-11-12-13-14-15-16-17-18(19)20/h2-5,12-17H2,1H3,(H,19,20). The Bertz CT molecular complexity index is 429. The lowest BCUT2D eigenvalue weighted by atomic mass is 10.1. The molecule has 0 spiro atoms. The third kappa shape index (κ3) is 16.1. The van der Waals surface area contributed by atoms with Crippen molar-refractivity contribution in [3.05, 3.63) is 0 Å². The van der Waals surface area contributed by atoms with Gasteiger partial charge in [-0.1, -0.05) is 44.4 Å². The molecule has 0 heterocycles. The van der Waals surface area contributed by atoms with Gasteiger partial charge in [-0.3, -0.25) is 4.79 Å². The number of carboxylic acid groups (broad SMARTS) is 1. The van der Waals surface area contributed by atoms with Crippen molar-refractivity contribution in [3.8, 4) is 35.5 Å². The Balaban J connectivity index is 3.47. The number of rotatable bonds is 9. The number of aliphatic carboxylic acids is 1. The maximum atomic E-state index is 10.3. The van der Waals surface area contributed by atoms with E-state index in [-0.39, 0.29) is 6.42 Å². The highest BCUT2D eigenvalue weighted by molar-refractivity contribution is 5.66. The van der Waals surface area contributed by atoms with E-state index < -0.39 is 5.97 Å². The summed E-state index contributed by atoms with van der Waals surface area (Å²) in [5.41, 5.74) is 0. The van der Waals surface area contributed by atoms with Gasteiger partial charge in [-0.15, -0.1) is 0 Å². The number of carboxylic acids is 1. The van der Waals surface area contributed by atoms with Gasteiger partial charge >= 0.3 is 5.97 Å². The summed E-state index contributed by atoms with van der Waals surface area (Å²) >= 11 is 0. The summed E-state index contributed by atoms with van der Waals surface area (Å²) in [6, 6.07) is 0. The molecule has 2 nitrogen and oxygen atoms in total. The fraction of sp³-hybridized carbons (Fsp3) is 0.611. The van der Waals surface area contributed by atoms with Crippen molar-refractivity contribution in [3.63, 3.8) is 0 Å².